The average molecular weight is 345 g/mol. The Bertz CT molecular complexity index is 637. The fraction of sp³-hybridized carbons (Fsp3) is 0.556. The number of hydrogen-bond donors (Lipinski definition) is 0. The van der Waals surface area contributed by atoms with Gasteiger partial charge in [-0.1, -0.05) is 0 Å². The van der Waals surface area contributed by atoms with Gasteiger partial charge in [0.05, 0.1) is 31.6 Å². The zero-order chi connectivity index (χ0) is 16.2. The van der Waals surface area contributed by atoms with Gasteiger partial charge in [-0.3, -0.25) is 9.88 Å². The Kier molecular flexibility index (Phi) is 4.78. The summed E-state index contributed by atoms with van der Waals surface area (Å²) in [6.07, 6.45) is 8.94. The molecular formula is C18H23N3O2S. The molecule has 3 heterocycles. The zero-order valence-corrected chi connectivity index (χ0v) is 14.6. The molecule has 0 bridgehead atoms. The van der Waals surface area contributed by atoms with Gasteiger partial charge in [0.25, 0.3) is 0 Å². The van der Waals surface area contributed by atoms with Crippen LogP contribution in [0.15, 0.2) is 36.1 Å². The number of aromatic nitrogens is 2. The standard InChI is InChI=1S/C18H23N3O2S/c1-3-15(13-22-16-4-2-6-19-11-16)18(5-1)14-21(8-9-23-18)12-17-20-7-10-24-17/h2,4,6-7,10-11,15H,1,3,5,8-9,12-14H2/t15-,18+/m0/s1. The smallest absolute Gasteiger partial charge is 0.137 e. The molecule has 1 aliphatic heterocycles. The third-order valence-corrected chi connectivity index (χ3v) is 5.88. The van der Waals surface area contributed by atoms with Crippen molar-refractivity contribution >= 4 is 11.3 Å². The molecule has 128 valence electrons. The largest absolute Gasteiger partial charge is 0.492 e. The minimum atomic E-state index is -0.0578. The number of thiazole rings is 1. The van der Waals surface area contributed by atoms with E-state index in [1.54, 1.807) is 23.7 Å². The van der Waals surface area contributed by atoms with Gasteiger partial charge in [-0.25, -0.2) is 4.98 Å². The van der Waals surface area contributed by atoms with Crippen LogP contribution in [0.25, 0.3) is 0 Å². The quantitative estimate of drug-likeness (QED) is 0.834. The maximum absolute atomic E-state index is 6.32. The van der Waals surface area contributed by atoms with Crippen LogP contribution in [-0.4, -0.2) is 46.8 Å². The predicted octanol–water partition coefficient (Wildman–Crippen LogP) is 2.99. The molecule has 2 fully saturated rings. The summed E-state index contributed by atoms with van der Waals surface area (Å²) in [4.78, 5) is 11.0. The fourth-order valence-electron chi connectivity index (χ4n) is 3.92. The van der Waals surface area contributed by atoms with Crippen LogP contribution >= 0.6 is 11.3 Å². The summed E-state index contributed by atoms with van der Waals surface area (Å²) < 4.78 is 12.3. The van der Waals surface area contributed by atoms with Crippen molar-refractivity contribution in [3.8, 4) is 5.75 Å². The molecule has 2 aliphatic rings. The molecule has 2 aromatic rings. The van der Waals surface area contributed by atoms with E-state index in [1.807, 2.05) is 23.7 Å². The molecule has 0 radical (unpaired) electrons. The van der Waals surface area contributed by atoms with E-state index in [4.69, 9.17) is 9.47 Å². The van der Waals surface area contributed by atoms with Gasteiger partial charge in [0.2, 0.25) is 0 Å². The van der Waals surface area contributed by atoms with Crippen molar-refractivity contribution in [1.29, 1.82) is 0 Å². The van der Waals surface area contributed by atoms with Crippen LogP contribution in [0, 0.1) is 5.92 Å². The predicted molar refractivity (Wildman–Crippen MR) is 93.1 cm³/mol. The van der Waals surface area contributed by atoms with E-state index in [2.05, 4.69) is 14.9 Å². The molecule has 1 saturated heterocycles. The van der Waals surface area contributed by atoms with Crippen LogP contribution < -0.4 is 4.74 Å². The topological polar surface area (TPSA) is 47.5 Å². The monoisotopic (exact) mass is 345 g/mol. The van der Waals surface area contributed by atoms with Gasteiger partial charge < -0.3 is 9.47 Å². The van der Waals surface area contributed by atoms with E-state index in [0.717, 1.165) is 38.4 Å². The third-order valence-electron chi connectivity index (χ3n) is 5.11. The van der Waals surface area contributed by atoms with Crippen LogP contribution in [0.1, 0.15) is 24.3 Å². The molecule has 0 N–H and O–H groups in total. The van der Waals surface area contributed by atoms with Crippen molar-refractivity contribution in [1.82, 2.24) is 14.9 Å². The summed E-state index contributed by atoms with van der Waals surface area (Å²) in [5, 5.41) is 3.24. The average Bonchev–Trinajstić information content (AvgIpc) is 3.25. The van der Waals surface area contributed by atoms with Gasteiger partial charge in [0.15, 0.2) is 0 Å². The third kappa shape index (κ3) is 3.45. The Balaban J connectivity index is 1.40. The zero-order valence-electron chi connectivity index (χ0n) is 13.8. The Morgan fingerprint density at radius 3 is 3.25 bits per heavy atom. The first-order valence-electron chi connectivity index (χ1n) is 8.62. The highest BCUT2D eigenvalue weighted by molar-refractivity contribution is 7.09. The van der Waals surface area contributed by atoms with Crippen LogP contribution in [0.2, 0.25) is 0 Å². The second kappa shape index (κ2) is 7.17. The Morgan fingerprint density at radius 2 is 2.42 bits per heavy atom. The van der Waals surface area contributed by atoms with Gasteiger partial charge in [0, 0.05) is 36.8 Å². The second-order valence-corrected chi connectivity index (χ2v) is 7.62. The summed E-state index contributed by atoms with van der Waals surface area (Å²) in [5.74, 6) is 1.28. The van der Waals surface area contributed by atoms with Crippen molar-refractivity contribution in [2.75, 3.05) is 26.3 Å². The van der Waals surface area contributed by atoms with E-state index < -0.39 is 0 Å². The minimum Gasteiger partial charge on any atom is -0.492 e. The van der Waals surface area contributed by atoms with Crippen LogP contribution in [0.3, 0.4) is 0 Å². The van der Waals surface area contributed by atoms with Gasteiger partial charge in [-0.15, -0.1) is 11.3 Å². The van der Waals surface area contributed by atoms with Crippen molar-refractivity contribution in [2.24, 2.45) is 5.92 Å². The summed E-state index contributed by atoms with van der Waals surface area (Å²) in [5.41, 5.74) is -0.0578. The molecule has 1 spiro atoms. The number of ether oxygens (including phenoxy) is 2. The Hall–Kier alpha value is -1.50. The van der Waals surface area contributed by atoms with E-state index in [1.165, 1.54) is 17.8 Å². The molecule has 0 aromatic carbocycles. The number of hydrogen-bond acceptors (Lipinski definition) is 6. The van der Waals surface area contributed by atoms with Crippen LogP contribution in [0.4, 0.5) is 0 Å². The lowest BCUT2D eigenvalue weighted by Gasteiger charge is -2.43. The fourth-order valence-corrected chi connectivity index (χ4v) is 4.57. The Morgan fingerprint density at radius 1 is 1.42 bits per heavy atom. The molecule has 6 heteroatoms. The van der Waals surface area contributed by atoms with Crippen molar-refractivity contribution in [3.63, 3.8) is 0 Å². The first kappa shape index (κ1) is 16.0. The maximum atomic E-state index is 6.32. The number of rotatable bonds is 5. The van der Waals surface area contributed by atoms with Gasteiger partial charge in [0.1, 0.15) is 10.8 Å². The molecule has 0 amide bonds. The van der Waals surface area contributed by atoms with Gasteiger partial charge >= 0.3 is 0 Å². The van der Waals surface area contributed by atoms with Crippen molar-refractivity contribution < 1.29 is 9.47 Å². The van der Waals surface area contributed by atoms with Crippen molar-refractivity contribution in [3.05, 3.63) is 41.1 Å². The lowest BCUT2D eigenvalue weighted by molar-refractivity contribution is -0.137. The highest BCUT2D eigenvalue weighted by Crippen LogP contribution is 2.41. The molecule has 5 nitrogen and oxygen atoms in total. The molecule has 2 aromatic heterocycles. The number of morpholine rings is 1. The van der Waals surface area contributed by atoms with E-state index in [-0.39, 0.29) is 5.60 Å². The number of pyridine rings is 1. The summed E-state index contributed by atoms with van der Waals surface area (Å²) in [7, 11) is 0. The SMILES string of the molecule is c1cncc(OC[C@@H]2CCC[C@@]23CN(Cc2nccs2)CCO3)c1. The molecule has 2 atom stereocenters. The summed E-state index contributed by atoms with van der Waals surface area (Å²) >= 11 is 1.73. The van der Waals surface area contributed by atoms with Crippen molar-refractivity contribution in [2.45, 2.75) is 31.4 Å². The summed E-state index contributed by atoms with van der Waals surface area (Å²) in [6.45, 7) is 4.40. The highest BCUT2D eigenvalue weighted by atomic mass is 32.1. The van der Waals surface area contributed by atoms with E-state index >= 15 is 0 Å². The molecule has 24 heavy (non-hydrogen) atoms. The highest BCUT2D eigenvalue weighted by Gasteiger charge is 2.47. The summed E-state index contributed by atoms with van der Waals surface area (Å²) in [6, 6.07) is 3.87. The lowest BCUT2D eigenvalue weighted by Crippen LogP contribution is -2.54. The normalized spacial score (nSPS) is 27.6. The van der Waals surface area contributed by atoms with Crippen LogP contribution in [-0.2, 0) is 11.3 Å². The van der Waals surface area contributed by atoms with Gasteiger partial charge in [-0.2, -0.15) is 0 Å². The lowest BCUT2D eigenvalue weighted by atomic mass is 9.89. The Labute approximate surface area is 146 Å². The second-order valence-electron chi connectivity index (χ2n) is 6.64. The number of nitrogens with zero attached hydrogens (tertiary/aromatic N) is 3. The first-order chi connectivity index (χ1) is 11.8. The minimum absolute atomic E-state index is 0.0578. The molecule has 4 rings (SSSR count). The van der Waals surface area contributed by atoms with Crippen LogP contribution in [0.5, 0.6) is 5.75 Å². The molecular weight excluding hydrogens is 322 g/mol. The molecule has 0 unspecified atom stereocenters. The van der Waals surface area contributed by atoms with E-state index in [9.17, 15) is 0 Å². The van der Waals surface area contributed by atoms with E-state index in [0.29, 0.717) is 12.5 Å². The van der Waals surface area contributed by atoms with Gasteiger partial charge in [-0.05, 0) is 31.4 Å². The maximum Gasteiger partial charge on any atom is 0.137 e. The molecule has 1 saturated carbocycles. The first-order valence-corrected chi connectivity index (χ1v) is 9.50. The molecule has 1 aliphatic carbocycles.